The van der Waals surface area contributed by atoms with Crippen LogP contribution in [0.3, 0.4) is 0 Å². The second-order valence-electron chi connectivity index (χ2n) is 7.25. The molecule has 0 aliphatic heterocycles. The number of carbonyl (C=O) groups excluding carboxylic acids is 1. The summed E-state index contributed by atoms with van der Waals surface area (Å²) in [5.41, 5.74) is 2.03. The van der Waals surface area contributed by atoms with Gasteiger partial charge in [-0.25, -0.2) is 19.3 Å². The first-order chi connectivity index (χ1) is 16.5. The molecule has 0 saturated carbocycles. The van der Waals surface area contributed by atoms with Gasteiger partial charge in [0.15, 0.2) is 5.82 Å². The highest BCUT2D eigenvalue weighted by molar-refractivity contribution is 6.00. The Kier molecular flexibility index (Phi) is 8.44. The van der Waals surface area contributed by atoms with E-state index in [1.807, 2.05) is 13.8 Å². The van der Waals surface area contributed by atoms with Crippen LogP contribution in [0, 0.1) is 12.7 Å². The molecule has 178 valence electrons. The van der Waals surface area contributed by atoms with Crippen molar-refractivity contribution in [2.45, 2.75) is 26.7 Å². The van der Waals surface area contributed by atoms with Gasteiger partial charge >= 0.3 is 0 Å². The number of H-pyrrole nitrogens is 1. The first-order valence-electron chi connectivity index (χ1n) is 10.8. The number of rotatable bonds is 11. The van der Waals surface area contributed by atoms with Crippen molar-refractivity contribution in [3.05, 3.63) is 65.8 Å². The Morgan fingerprint density at radius 3 is 2.82 bits per heavy atom. The van der Waals surface area contributed by atoms with Gasteiger partial charge in [0.05, 0.1) is 31.3 Å². The largest absolute Gasteiger partial charge is 0.493 e. The summed E-state index contributed by atoms with van der Waals surface area (Å²) in [5, 5.41) is 9.45. The van der Waals surface area contributed by atoms with Crippen LogP contribution in [0.5, 0.6) is 11.6 Å². The summed E-state index contributed by atoms with van der Waals surface area (Å²) in [6, 6.07) is 3.12. The van der Waals surface area contributed by atoms with Crippen LogP contribution < -0.4 is 14.8 Å². The molecule has 0 aromatic carbocycles. The second-order valence-corrected chi connectivity index (χ2v) is 7.25. The summed E-state index contributed by atoms with van der Waals surface area (Å²) in [7, 11) is 1.45. The maximum absolute atomic E-state index is 14.6. The summed E-state index contributed by atoms with van der Waals surface area (Å²) in [6.07, 6.45) is 6.93. The van der Waals surface area contributed by atoms with E-state index < -0.39 is 5.82 Å². The van der Waals surface area contributed by atoms with E-state index in [2.05, 4.69) is 37.0 Å². The van der Waals surface area contributed by atoms with E-state index in [-0.39, 0.29) is 17.4 Å². The molecule has 0 spiro atoms. The van der Waals surface area contributed by atoms with Gasteiger partial charge in [-0.3, -0.25) is 9.89 Å². The molecule has 0 unspecified atom stereocenters. The van der Waals surface area contributed by atoms with Crippen LogP contribution in [-0.4, -0.2) is 51.3 Å². The van der Waals surface area contributed by atoms with Crippen molar-refractivity contribution in [3.8, 4) is 22.9 Å². The zero-order valence-electron chi connectivity index (χ0n) is 19.4. The number of pyridine rings is 2. The molecule has 9 nitrogen and oxygen atoms in total. The molecule has 0 atom stereocenters. The fourth-order valence-corrected chi connectivity index (χ4v) is 3.19. The predicted molar refractivity (Wildman–Crippen MR) is 126 cm³/mol. The Hall–Kier alpha value is -4.08. The molecule has 1 amide bonds. The van der Waals surface area contributed by atoms with Crippen LogP contribution >= 0.6 is 0 Å². The highest BCUT2D eigenvalue weighted by atomic mass is 19.1. The van der Waals surface area contributed by atoms with Gasteiger partial charge in [0.1, 0.15) is 17.9 Å². The normalized spacial score (nSPS) is 11.2. The van der Waals surface area contributed by atoms with Crippen molar-refractivity contribution in [1.29, 1.82) is 0 Å². The summed E-state index contributed by atoms with van der Waals surface area (Å²) in [6.45, 7) is 8.30. The average Bonchev–Trinajstić information content (AvgIpc) is 3.36. The Balaban J connectivity index is 1.88. The maximum atomic E-state index is 14.6. The van der Waals surface area contributed by atoms with Crippen molar-refractivity contribution >= 4 is 12.0 Å². The quantitative estimate of drug-likeness (QED) is 0.253. The molecule has 0 saturated heterocycles. The molecule has 3 aromatic rings. The first-order valence-corrected chi connectivity index (χ1v) is 10.8. The van der Waals surface area contributed by atoms with Crippen LogP contribution in [0.2, 0.25) is 0 Å². The molecular formula is C24H27FN6O3. The number of amides is 1. The lowest BCUT2D eigenvalue weighted by Gasteiger charge is -2.14. The van der Waals surface area contributed by atoms with Crippen molar-refractivity contribution in [3.63, 3.8) is 0 Å². The lowest BCUT2D eigenvalue weighted by atomic mass is 10.1. The number of aromatic nitrogens is 5. The van der Waals surface area contributed by atoms with Crippen LogP contribution in [0.25, 0.3) is 17.3 Å². The predicted octanol–water partition coefficient (Wildman–Crippen LogP) is 3.43. The van der Waals surface area contributed by atoms with Crippen molar-refractivity contribution in [1.82, 2.24) is 30.5 Å². The van der Waals surface area contributed by atoms with Gasteiger partial charge in [-0.1, -0.05) is 12.7 Å². The lowest BCUT2D eigenvalue weighted by Crippen LogP contribution is -2.25. The Bertz CT molecular complexity index is 1180. The van der Waals surface area contributed by atoms with E-state index in [1.54, 1.807) is 12.1 Å². The van der Waals surface area contributed by atoms with Crippen LogP contribution in [0.15, 0.2) is 42.9 Å². The number of hydrogen-bond donors (Lipinski definition) is 2. The molecule has 3 heterocycles. The molecule has 0 aliphatic rings. The van der Waals surface area contributed by atoms with E-state index in [1.165, 1.54) is 25.6 Å². The fraction of sp³-hybridized carbons (Fsp3) is 0.292. The van der Waals surface area contributed by atoms with Gasteiger partial charge in [-0.05, 0) is 26.3 Å². The first kappa shape index (κ1) is 24.6. The second kappa shape index (κ2) is 11.7. The van der Waals surface area contributed by atoms with Gasteiger partial charge in [0.25, 0.3) is 5.91 Å². The van der Waals surface area contributed by atoms with Gasteiger partial charge in [0, 0.05) is 41.8 Å². The smallest absolute Gasteiger partial charge is 0.251 e. The number of ether oxygens (including phenoxy) is 2. The third-order valence-corrected chi connectivity index (χ3v) is 4.99. The minimum atomic E-state index is -0.553. The zero-order valence-corrected chi connectivity index (χ0v) is 19.4. The Labute approximate surface area is 197 Å². The van der Waals surface area contributed by atoms with E-state index in [4.69, 9.17) is 9.47 Å². The number of methoxy groups -OCH3 is 1. The number of hydrogen-bond acceptors (Lipinski definition) is 7. The third-order valence-electron chi connectivity index (χ3n) is 4.99. The third kappa shape index (κ3) is 6.03. The molecule has 34 heavy (non-hydrogen) atoms. The highest BCUT2D eigenvalue weighted by Crippen LogP contribution is 2.31. The van der Waals surface area contributed by atoms with Crippen LogP contribution in [-0.2, 0) is 11.2 Å². The molecule has 10 heteroatoms. The summed E-state index contributed by atoms with van der Waals surface area (Å²) in [5.74, 6) is 0.695. The number of aromatic amines is 1. The minimum Gasteiger partial charge on any atom is -0.493 e. The number of nitrogens with one attached hydrogen (secondary N) is 2. The highest BCUT2D eigenvalue weighted by Gasteiger charge is 2.16. The van der Waals surface area contributed by atoms with E-state index in [0.29, 0.717) is 54.3 Å². The summed E-state index contributed by atoms with van der Waals surface area (Å²) >= 11 is 0. The molecule has 0 radical (unpaired) electrons. The molecule has 0 aliphatic carbocycles. The number of halogens is 1. The van der Waals surface area contributed by atoms with Crippen LogP contribution in [0.1, 0.15) is 30.4 Å². The molecular weight excluding hydrogens is 439 g/mol. The average molecular weight is 467 g/mol. The molecule has 0 fully saturated rings. The Morgan fingerprint density at radius 1 is 1.32 bits per heavy atom. The fourth-order valence-electron chi connectivity index (χ4n) is 3.19. The van der Waals surface area contributed by atoms with E-state index in [0.717, 1.165) is 12.0 Å². The van der Waals surface area contributed by atoms with E-state index in [9.17, 15) is 9.18 Å². The number of aryl methyl sites for hydroxylation is 1. The van der Waals surface area contributed by atoms with Gasteiger partial charge in [-0.2, -0.15) is 5.10 Å². The minimum absolute atomic E-state index is 0.208. The van der Waals surface area contributed by atoms with Crippen molar-refractivity contribution in [2.75, 3.05) is 20.3 Å². The van der Waals surface area contributed by atoms with Crippen molar-refractivity contribution < 1.29 is 18.7 Å². The summed E-state index contributed by atoms with van der Waals surface area (Å²) < 4.78 is 25.4. The van der Waals surface area contributed by atoms with Gasteiger partial charge < -0.3 is 14.8 Å². The Morgan fingerprint density at radius 2 is 2.15 bits per heavy atom. The topological polar surface area (TPSA) is 115 Å². The molecule has 0 bridgehead atoms. The van der Waals surface area contributed by atoms with Crippen molar-refractivity contribution in [2.24, 2.45) is 0 Å². The number of carbonyl (C=O) groups is 1. The van der Waals surface area contributed by atoms with E-state index >= 15 is 0 Å². The SMILES string of the molecule is C=C/C(=C\c1nc(-c2cc(OC)ncc2F)cc(OCC)c1C)C(=O)NCCCc1ncn[nH]1. The molecule has 3 aromatic heterocycles. The lowest BCUT2D eigenvalue weighted by molar-refractivity contribution is -0.117. The molecule has 3 rings (SSSR count). The monoisotopic (exact) mass is 466 g/mol. The van der Waals surface area contributed by atoms with Gasteiger partial charge in [-0.15, -0.1) is 0 Å². The summed E-state index contributed by atoms with van der Waals surface area (Å²) in [4.78, 5) is 25.3. The van der Waals surface area contributed by atoms with Crippen LogP contribution in [0.4, 0.5) is 4.39 Å². The standard InChI is InChI=1S/C24H27FN6O3/c1-5-16(24(32)26-9-7-8-22-28-14-29-31-22)10-19-15(3)21(34-6-2)12-20(30-19)17-11-23(33-4)27-13-18(17)25/h5,10-14H,1,6-9H2,2-4H3,(H,26,32)(H,28,29,31)/b16-10+. The number of nitrogens with zero attached hydrogens (tertiary/aromatic N) is 4. The molecule has 2 N–H and O–H groups in total. The van der Waals surface area contributed by atoms with Gasteiger partial charge in [0.2, 0.25) is 5.88 Å². The zero-order chi connectivity index (χ0) is 24.5. The maximum Gasteiger partial charge on any atom is 0.251 e.